The monoisotopic (exact) mass is 326 g/mol. The first-order valence-corrected chi connectivity index (χ1v) is 7.66. The van der Waals surface area contributed by atoms with Gasteiger partial charge < -0.3 is 5.73 Å². The van der Waals surface area contributed by atoms with E-state index in [0.717, 1.165) is 10.6 Å². The van der Waals surface area contributed by atoms with E-state index in [4.69, 9.17) is 17.3 Å². The zero-order chi connectivity index (χ0) is 15.5. The Balaban J connectivity index is 2.02. The third-order valence-corrected chi connectivity index (χ3v) is 4.27. The van der Waals surface area contributed by atoms with E-state index in [2.05, 4.69) is 11.2 Å². The fourth-order valence-electron chi connectivity index (χ4n) is 1.97. The summed E-state index contributed by atoms with van der Waals surface area (Å²) in [5.41, 5.74) is 7.27. The van der Waals surface area contributed by atoms with E-state index in [-0.39, 0.29) is 0 Å². The van der Waals surface area contributed by atoms with Gasteiger partial charge in [0.1, 0.15) is 22.5 Å². The zero-order valence-electron chi connectivity index (χ0n) is 11.4. The number of halogens is 1. The van der Waals surface area contributed by atoms with Gasteiger partial charge in [-0.15, -0.1) is 0 Å². The first-order chi connectivity index (χ1) is 10.7. The first-order valence-electron chi connectivity index (χ1n) is 6.46. The van der Waals surface area contributed by atoms with E-state index in [9.17, 15) is 5.26 Å². The third kappa shape index (κ3) is 2.80. The van der Waals surface area contributed by atoms with E-state index in [1.807, 2.05) is 42.5 Å². The molecule has 0 saturated heterocycles. The molecule has 2 N–H and O–H groups in total. The quantitative estimate of drug-likeness (QED) is 0.785. The van der Waals surface area contributed by atoms with Gasteiger partial charge in [-0.3, -0.25) is 0 Å². The van der Waals surface area contributed by atoms with Crippen molar-refractivity contribution in [3.05, 3.63) is 65.2 Å². The average molecular weight is 327 g/mol. The lowest BCUT2D eigenvalue weighted by molar-refractivity contribution is 0.845. The SMILES string of the molecule is N#Cc1c(Sc2ccc(Cl)cc2)nn(-c2ccccc2)c1N. The average Bonchev–Trinajstić information content (AvgIpc) is 2.86. The molecule has 22 heavy (non-hydrogen) atoms. The zero-order valence-corrected chi connectivity index (χ0v) is 13.0. The van der Waals surface area contributed by atoms with Crippen LogP contribution in [0.15, 0.2) is 64.5 Å². The molecule has 0 aliphatic rings. The molecule has 1 aromatic heterocycles. The van der Waals surface area contributed by atoms with Crippen LogP contribution < -0.4 is 5.73 Å². The second-order valence-electron chi connectivity index (χ2n) is 4.48. The van der Waals surface area contributed by atoms with Gasteiger partial charge in [0, 0.05) is 9.92 Å². The minimum Gasteiger partial charge on any atom is -0.382 e. The van der Waals surface area contributed by atoms with Gasteiger partial charge in [-0.25, -0.2) is 4.68 Å². The van der Waals surface area contributed by atoms with Crippen molar-refractivity contribution < 1.29 is 0 Å². The molecule has 0 fully saturated rings. The predicted molar refractivity (Wildman–Crippen MR) is 88.3 cm³/mol. The van der Waals surface area contributed by atoms with Gasteiger partial charge in [-0.2, -0.15) is 10.4 Å². The van der Waals surface area contributed by atoms with E-state index in [0.29, 0.717) is 21.4 Å². The molecular formula is C16H11ClN4S. The van der Waals surface area contributed by atoms with Crippen LogP contribution in [0, 0.1) is 11.3 Å². The normalized spacial score (nSPS) is 10.4. The lowest BCUT2D eigenvalue weighted by Gasteiger charge is -2.02. The summed E-state index contributed by atoms with van der Waals surface area (Å²) in [6.07, 6.45) is 0. The molecule has 0 aliphatic heterocycles. The number of nitrogen functional groups attached to an aromatic ring is 1. The number of anilines is 1. The molecule has 0 saturated carbocycles. The van der Waals surface area contributed by atoms with Gasteiger partial charge in [0.15, 0.2) is 0 Å². The Hall–Kier alpha value is -2.42. The van der Waals surface area contributed by atoms with Crippen molar-refractivity contribution in [3.63, 3.8) is 0 Å². The molecule has 0 spiro atoms. The van der Waals surface area contributed by atoms with Gasteiger partial charge in [0.2, 0.25) is 0 Å². The third-order valence-electron chi connectivity index (χ3n) is 3.03. The Morgan fingerprint density at radius 3 is 2.41 bits per heavy atom. The Morgan fingerprint density at radius 2 is 1.77 bits per heavy atom. The first kappa shape index (κ1) is 14.5. The molecule has 0 amide bonds. The molecule has 2 aromatic carbocycles. The Bertz CT molecular complexity index is 835. The topological polar surface area (TPSA) is 67.6 Å². The van der Waals surface area contributed by atoms with Crippen LogP contribution in [-0.4, -0.2) is 9.78 Å². The van der Waals surface area contributed by atoms with Crippen molar-refractivity contribution in [2.45, 2.75) is 9.92 Å². The van der Waals surface area contributed by atoms with Crippen LogP contribution in [0.3, 0.4) is 0 Å². The molecule has 4 nitrogen and oxygen atoms in total. The van der Waals surface area contributed by atoms with Crippen LogP contribution in [0.1, 0.15) is 5.56 Å². The van der Waals surface area contributed by atoms with Gasteiger partial charge in [0.25, 0.3) is 0 Å². The molecule has 3 aromatic rings. The highest BCUT2D eigenvalue weighted by Crippen LogP contribution is 2.33. The molecule has 0 atom stereocenters. The smallest absolute Gasteiger partial charge is 0.146 e. The predicted octanol–water partition coefficient (Wildman–Crippen LogP) is 4.13. The van der Waals surface area contributed by atoms with Crippen LogP contribution in [0.4, 0.5) is 5.82 Å². The largest absolute Gasteiger partial charge is 0.382 e. The summed E-state index contributed by atoms with van der Waals surface area (Å²) in [6.45, 7) is 0. The second-order valence-corrected chi connectivity index (χ2v) is 5.98. The lowest BCUT2D eigenvalue weighted by Crippen LogP contribution is -2.01. The number of benzene rings is 2. The number of nitrogens with zero attached hydrogens (tertiary/aromatic N) is 3. The van der Waals surface area contributed by atoms with Crippen molar-refractivity contribution in [2.75, 3.05) is 5.73 Å². The number of hydrogen-bond acceptors (Lipinski definition) is 4. The molecule has 108 valence electrons. The number of nitriles is 1. The van der Waals surface area contributed by atoms with Gasteiger partial charge in [-0.05, 0) is 36.4 Å². The Morgan fingerprint density at radius 1 is 1.09 bits per heavy atom. The molecule has 0 bridgehead atoms. The minimum absolute atomic E-state index is 0.338. The molecule has 6 heteroatoms. The molecule has 3 rings (SSSR count). The van der Waals surface area contributed by atoms with Crippen molar-refractivity contribution in [1.82, 2.24) is 9.78 Å². The van der Waals surface area contributed by atoms with Gasteiger partial charge in [0.05, 0.1) is 5.69 Å². The second kappa shape index (κ2) is 6.14. The summed E-state index contributed by atoms with van der Waals surface area (Å²) in [6, 6.07) is 19.0. The fourth-order valence-corrected chi connectivity index (χ4v) is 2.96. The lowest BCUT2D eigenvalue weighted by atomic mass is 10.3. The van der Waals surface area contributed by atoms with E-state index >= 15 is 0 Å². The number of rotatable bonds is 3. The molecule has 1 heterocycles. The van der Waals surface area contributed by atoms with Crippen molar-refractivity contribution in [2.24, 2.45) is 0 Å². The van der Waals surface area contributed by atoms with Crippen LogP contribution in [0.25, 0.3) is 5.69 Å². The Labute approximate surface area is 137 Å². The highest BCUT2D eigenvalue weighted by molar-refractivity contribution is 7.99. The van der Waals surface area contributed by atoms with Crippen LogP contribution in [0.2, 0.25) is 5.02 Å². The number of hydrogen-bond donors (Lipinski definition) is 1. The Kier molecular flexibility index (Phi) is 4.05. The molecule has 0 aliphatic carbocycles. The van der Waals surface area contributed by atoms with Crippen molar-refractivity contribution in [3.8, 4) is 11.8 Å². The minimum atomic E-state index is 0.338. The maximum atomic E-state index is 9.36. The van der Waals surface area contributed by atoms with E-state index in [1.54, 1.807) is 16.8 Å². The number of nitrogens with two attached hydrogens (primary N) is 1. The summed E-state index contributed by atoms with van der Waals surface area (Å²) >= 11 is 7.27. The maximum absolute atomic E-state index is 9.36. The maximum Gasteiger partial charge on any atom is 0.146 e. The van der Waals surface area contributed by atoms with E-state index < -0.39 is 0 Å². The van der Waals surface area contributed by atoms with Crippen LogP contribution >= 0.6 is 23.4 Å². The highest BCUT2D eigenvalue weighted by Gasteiger charge is 2.17. The number of aromatic nitrogens is 2. The van der Waals surface area contributed by atoms with Gasteiger partial charge in [-0.1, -0.05) is 41.6 Å². The van der Waals surface area contributed by atoms with Crippen molar-refractivity contribution >= 4 is 29.2 Å². The summed E-state index contributed by atoms with van der Waals surface area (Å²) in [4.78, 5) is 0.943. The summed E-state index contributed by atoms with van der Waals surface area (Å²) < 4.78 is 1.58. The molecule has 0 unspecified atom stereocenters. The van der Waals surface area contributed by atoms with Crippen LogP contribution in [0.5, 0.6) is 0 Å². The summed E-state index contributed by atoms with van der Waals surface area (Å²) in [5.74, 6) is 0.338. The fraction of sp³-hybridized carbons (Fsp3) is 0. The van der Waals surface area contributed by atoms with Crippen molar-refractivity contribution in [1.29, 1.82) is 5.26 Å². The van der Waals surface area contributed by atoms with E-state index in [1.165, 1.54) is 11.8 Å². The standard InChI is InChI=1S/C16H11ClN4S/c17-11-6-8-13(9-7-11)22-16-14(10-18)15(19)21(20-16)12-4-2-1-3-5-12/h1-9H,19H2. The van der Waals surface area contributed by atoms with Gasteiger partial charge >= 0.3 is 0 Å². The number of para-hydroxylation sites is 1. The molecule has 0 radical (unpaired) electrons. The van der Waals surface area contributed by atoms with Crippen LogP contribution in [-0.2, 0) is 0 Å². The summed E-state index contributed by atoms with van der Waals surface area (Å²) in [5, 5.41) is 15.1. The highest BCUT2D eigenvalue weighted by atomic mass is 35.5. The molecular weight excluding hydrogens is 316 g/mol. The summed E-state index contributed by atoms with van der Waals surface area (Å²) in [7, 11) is 0.